The molecule has 0 unspecified atom stereocenters. The van der Waals surface area contributed by atoms with Gasteiger partial charge in [-0.2, -0.15) is 18.2 Å². The Morgan fingerprint density at radius 2 is 1.82 bits per heavy atom. The molecule has 0 radical (unpaired) electrons. The monoisotopic (exact) mass is 476 g/mol. The first kappa shape index (κ1) is 23.0. The van der Waals surface area contributed by atoms with Crippen LogP contribution >= 0.6 is 0 Å². The molecule has 2 aromatic heterocycles. The number of amides is 1. The minimum absolute atomic E-state index is 0.0745. The highest BCUT2D eigenvalue weighted by molar-refractivity contribution is 5.98. The van der Waals surface area contributed by atoms with E-state index in [4.69, 9.17) is 9.15 Å². The highest BCUT2D eigenvalue weighted by atomic mass is 19.4. The Bertz CT molecular complexity index is 1300. The molecule has 2 heterocycles. The van der Waals surface area contributed by atoms with E-state index < -0.39 is 18.0 Å². The van der Waals surface area contributed by atoms with E-state index in [-0.39, 0.29) is 35.1 Å². The molecule has 0 spiro atoms. The molecule has 0 aliphatic carbocycles. The van der Waals surface area contributed by atoms with Gasteiger partial charge in [0.1, 0.15) is 17.8 Å². The van der Waals surface area contributed by atoms with Gasteiger partial charge in [-0.15, -0.1) is 0 Å². The van der Waals surface area contributed by atoms with Crippen molar-refractivity contribution in [1.29, 1.82) is 0 Å². The van der Waals surface area contributed by atoms with Gasteiger partial charge in [-0.05, 0) is 42.5 Å². The quantitative estimate of drug-likeness (QED) is 0.391. The van der Waals surface area contributed by atoms with Crippen LogP contribution in [-0.4, -0.2) is 34.7 Å². The number of nitrogens with one attached hydrogen (secondary N) is 1. The largest absolute Gasteiger partial charge is 0.496 e. The zero-order valence-electron chi connectivity index (χ0n) is 17.5. The Kier molecular flexibility index (Phi) is 6.30. The summed E-state index contributed by atoms with van der Waals surface area (Å²) in [4.78, 5) is 20.3. The van der Waals surface area contributed by atoms with Crippen LogP contribution in [0, 0.1) is 5.82 Å². The number of benzene rings is 2. The van der Waals surface area contributed by atoms with E-state index in [2.05, 4.69) is 25.0 Å². The number of carbonyl (C=O) groups is 1. The Balaban J connectivity index is 1.43. The van der Waals surface area contributed by atoms with Gasteiger partial charge in [0.25, 0.3) is 5.91 Å². The van der Waals surface area contributed by atoms with Crippen molar-refractivity contribution >= 4 is 5.91 Å². The molecule has 1 amide bonds. The zero-order chi connectivity index (χ0) is 24.3. The van der Waals surface area contributed by atoms with Crippen LogP contribution in [0.15, 0.2) is 57.7 Å². The van der Waals surface area contributed by atoms with E-state index in [1.165, 1.54) is 55.8 Å². The molecule has 1 N–H and O–H groups in total. The number of alkyl halides is 3. The molecule has 0 atom stereocenters. The third-order valence-corrected chi connectivity index (χ3v) is 4.68. The molecule has 12 heteroatoms. The maximum atomic E-state index is 13.1. The molecule has 176 valence electrons. The van der Waals surface area contributed by atoms with Crippen molar-refractivity contribution in [3.63, 3.8) is 0 Å². The fourth-order valence-corrected chi connectivity index (χ4v) is 3.03. The van der Waals surface area contributed by atoms with Crippen LogP contribution in [0.5, 0.6) is 5.75 Å². The van der Waals surface area contributed by atoms with Crippen molar-refractivity contribution in [2.45, 2.75) is 12.6 Å². The molecular weight excluding hydrogens is 460 g/mol. The van der Waals surface area contributed by atoms with Crippen LogP contribution in [-0.2, 0) is 12.6 Å². The zero-order valence-corrected chi connectivity index (χ0v) is 17.5. The third-order valence-electron chi connectivity index (χ3n) is 4.68. The molecule has 2 aromatic carbocycles. The maximum Gasteiger partial charge on any atom is 0.471 e. The fourth-order valence-electron chi connectivity index (χ4n) is 3.03. The smallest absolute Gasteiger partial charge is 0.471 e. The van der Waals surface area contributed by atoms with Gasteiger partial charge < -0.3 is 19.0 Å². The number of carbonyl (C=O) groups excluding carboxylic acids is 1. The van der Waals surface area contributed by atoms with Gasteiger partial charge in [-0.25, -0.2) is 9.37 Å². The number of hydrogen-bond donors (Lipinski definition) is 1. The lowest BCUT2D eigenvalue weighted by atomic mass is 10.1. The minimum atomic E-state index is -4.78. The van der Waals surface area contributed by atoms with E-state index in [1.807, 2.05) is 0 Å². The fraction of sp³-hybridized carbons (Fsp3) is 0.182. The summed E-state index contributed by atoms with van der Waals surface area (Å²) in [5.41, 5.74) is 1.39. The van der Waals surface area contributed by atoms with E-state index in [1.54, 1.807) is 0 Å². The summed E-state index contributed by atoms with van der Waals surface area (Å²) in [6.45, 7) is 0.183. The summed E-state index contributed by atoms with van der Waals surface area (Å²) in [6, 6.07) is 9.79. The summed E-state index contributed by atoms with van der Waals surface area (Å²) < 4.78 is 66.1. The van der Waals surface area contributed by atoms with Gasteiger partial charge in [0.2, 0.25) is 11.7 Å². The number of aromatic nitrogens is 3. The number of oxazole rings is 1. The Morgan fingerprint density at radius 1 is 1.09 bits per heavy atom. The Morgan fingerprint density at radius 3 is 2.50 bits per heavy atom. The molecule has 0 aliphatic rings. The number of halogens is 4. The third kappa shape index (κ3) is 5.05. The van der Waals surface area contributed by atoms with Crippen molar-refractivity contribution in [2.24, 2.45) is 0 Å². The van der Waals surface area contributed by atoms with Crippen molar-refractivity contribution < 1.29 is 36.0 Å². The van der Waals surface area contributed by atoms with Gasteiger partial charge in [-0.1, -0.05) is 5.16 Å². The van der Waals surface area contributed by atoms with Crippen LogP contribution in [0.3, 0.4) is 0 Å². The van der Waals surface area contributed by atoms with Crippen molar-refractivity contribution in [2.75, 3.05) is 13.7 Å². The van der Waals surface area contributed by atoms with Gasteiger partial charge in [0, 0.05) is 24.1 Å². The average molecular weight is 476 g/mol. The van der Waals surface area contributed by atoms with Crippen molar-refractivity contribution in [3.8, 4) is 28.6 Å². The van der Waals surface area contributed by atoms with E-state index >= 15 is 0 Å². The number of nitrogens with zero attached hydrogens (tertiary/aromatic N) is 3. The maximum absolute atomic E-state index is 13.1. The molecule has 0 saturated heterocycles. The number of methoxy groups -OCH3 is 1. The lowest BCUT2D eigenvalue weighted by Gasteiger charge is -2.10. The van der Waals surface area contributed by atoms with Gasteiger partial charge in [-0.3, -0.25) is 4.79 Å². The molecule has 34 heavy (non-hydrogen) atoms. The molecule has 0 aliphatic heterocycles. The summed E-state index contributed by atoms with van der Waals surface area (Å²) in [5.74, 6) is -2.19. The standard InChI is InChI=1S/C22H16F4N4O4/c1-32-17-7-4-13(18-29-21(34-30-18)22(24,25)26)10-16(17)19(31)27-9-8-15-11-33-20(28-15)12-2-5-14(23)6-3-12/h2-7,10-11H,8-9H2,1H3,(H,27,31). The number of hydrogen-bond acceptors (Lipinski definition) is 7. The molecule has 4 aromatic rings. The SMILES string of the molecule is COc1ccc(-c2noc(C(F)(F)F)n2)cc1C(=O)NCCc1coc(-c2ccc(F)cc2)n1. The van der Waals surface area contributed by atoms with E-state index in [9.17, 15) is 22.4 Å². The predicted molar refractivity (Wildman–Crippen MR) is 109 cm³/mol. The molecule has 0 bridgehead atoms. The molecule has 8 nitrogen and oxygen atoms in total. The van der Waals surface area contributed by atoms with Crippen molar-refractivity contribution in [3.05, 3.63) is 71.7 Å². The molecule has 0 saturated carbocycles. The Labute approximate surface area is 189 Å². The van der Waals surface area contributed by atoms with Gasteiger partial charge in [0.15, 0.2) is 0 Å². The highest BCUT2D eigenvalue weighted by Crippen LogP contribution is 2.31. The first-order valence-corrected chi connectivity index (χ1v) is 9.82. The van der Waals surface area contributed by atoms with Crippen molar-refractivity contribution in [1.82, 2.24) is 20.4 Å². The van der Waals surface area contributed by atoms with Crippen LogP contribution in [0.4, 0.5) is 17.6 Å². The van der Waals surface area contributed by atoms with Crippen LogP contribution in [0.1, 0.15) is 21.9 Å². The first-order valence-electron chi connectivity index (χ1n) is 9.82. The molecule has 4 rings (SSSR count). The molecule has 0 fully saturated rings. The average Bonchev–Trinajstić information content (AvgIpc) is 3.49. The lowest BCUT2D eigenvalue weighted by molar-refractivity contribution is -0.159. The van der Waals surface area contributed by atoms with Crippen LogP contribution in [0.2, 0.25) is 0 Å². The summed E-state index contributed by atoms with van der Waals surface area (Å²) in [7, 11) is 1.36. The van der Waals surface area contributed by atoms with E-state index in [0.717, 1.165) is 0 Å². The summed E-state index contributed by atoms with van der Waals surface area (Å²) in [6.07, 6.45) is -3.02. The second kappa shape index (κ2) is 9.33. The number of rotatable bonds is 7. The summed E-state index contributed by atoms with van der Waals surface area (Å²) in [5, 5.41) is 6.02. The topological polar surface area (TPSA) is 103 Å². The Hall–Kier alpha value is -4.22. The van der Waals surface area contributed by atoms with Gasteiger partial charge in [0.05, 0.1) is 18.4 Å². The first-order chi connectivity index (χ1) is 16.2. The molecular formula is C22H16F4N4O4. The highest BCUT2D eigenvalue weighted by Gasteiger charge is 2.38. The van der Waals surface area contributed by atoms with Crippen LogP contribution in [0.25, 0.3) is 22.8 Å². The van der Waals surface area contributed by atoms with Crippen LogP contribution < -0.4 is 10.1 Å². The second-order valence-electron chi connectivity index (χ2n) is 6.99. The second-order valence-corrected chi connectivity index (χ2v) is 6.99. The lowest BCUT2D eigenvalue weighted by Crippen LogP contribution is -2.26. The number of ether oxygens (including phenoxy) is 1. The predicted octanol–water partition coefficient (Wildman–Crippen LogP) is 4.53. The normalized spacial score (nSPS) is 11.4. The van der Waals surface area contributed by atoms with Gasteiger partial charge >= 0.3 is 12.1 Å². The minimum Gasteiger partial charge on any atom is -0.496 e. The summed E-state index contributed by atoms with van der Waals surface area (Å²) >= 11 is 0. The van der Waals surface area contributed by atoms with E-state index in [0.29, 0.717) is 23.6 Å².